The van der Waals surface area contributed by atoms with Gasteiger partial charge in [0.1, 0.15) is 0 Å². The number of likely N-dealkylation sites (tertiary alicyclic amines) is 1. The summed E-state index contributed by atoms with van der Waals surface area (Å²) in [5, 5.41) is 3.07. The fraction of sp³-hybridized carbons (Fsp3) is 0.611. The van der Waals surface area contributed by atoms with Gasteiger partial charge in [0.05, 0.1) is 6.04 Å². The summed E-state index contributed by atoms with van der Waals surface area (Å²) in [5.74, 6) is 0.917. The summed E-state index contributed by atoms with van der Waals surface area (Å²) in [6.45, 7) is 10.5. The predicted molar refractivity (Wildman–Crippen MR) is 97.9 cm³/mol. The largest absolute Gasteiger partial charge is 0.350 e. The number of nitrogens with one attached hydrogen (secondary N) is 1. The van der Waals surface area contributed by atoms with E-state index in [0.29, 0.717) is 18.4 Å². The van der Waals surface area contributed by atoms with E-state index in [-0.39, 0.29) is 29.9 Å². The quantitative estimate of drug-likeness (QED) is 0.885. The molecular formula is C18H30ClN3O. The number of carbonyl (C=O) groups excluding carboxylic acids is 1. The monoisotopic (exact) mass is 339 g/mol. The Morgan fingerprint density at radius 1 is 1.30 bits per heavy atom. The van der Waals surface area contributed by atoms with Crippen LogP contribution in [0.4, 0.5) is 0 Å². The van der Waals surface area contributed by atoms with Crippen LogP contribution in [0.3, 0.4) is 0 Å². The van der Waals surface area contributed by atoms with E-state index in [0.717, 1.165) is 13.1 Å². The molecule has 0 aliphatic carbocycles. The minimum atomic E-state index is -0.197. The van der Waals surface area contributed by atoms with Gasteiger partial charge in [0, 0.05) is 24.5 Å². The van der Waals surface area contributed by atoms with Crippen LogP contribution in [0.15, 0.2) is 30.3 Å². The Morgan fingerprint density at radius 2 is 1.91 bits per heavy atom. The van der Waals surface area contributed by atoms with Crippen molar-refractivity contribution in [3.8, 4) is 0 Å². The lowest BCUT2D eigenvalue weighted by atomic mass is 9.89. The lowest BCUT2D eigenvalue weighted by molar-refractivity contribution is -0.127. The zero-order valence-corrected chi connectivity index (χ0v) is 15.4. The molecule has 3 N–H and O–H groups in total. The maximum Gasteiger partial charge on any atom is 0.237 e. The highest BCUT2D eigenvalue weighted by molar-refractivity contribution is 5.85. The van der Waals surface area contributed by atoms with E-state index in [1.807, 2.05) is 33.8 Å². The van der Waals surface area contributed by atoms with E-state index in [4.69, 9.17) is 5.73 Å². The zero-order valence-electron chi connectivity index (χ0n) is 14.6. The van der Waals surface area contributed by atoms with Crippen LogP contribution in [-0.4, -0.2) is 42.0 Å². The highest BCUT2D eigenvalue weighted by Gasteiger charge is 2.37. The topological polar surface area (TPSA) is 58.4 Å². The van der Waals surface area contributed by atoms with Gasteiger partial charge in [0.2, 0.25) is 5.91 Å². The predicted octanol–water partition coefficient (Wildman–Crippen LogP) is 2.39. The molecule has 1 amide bonds. The van der Waals surface area contributed by atoms with Crippen LogP contribution in [0.5, 0.6) is 0 Å². The summed E-state index contributed by atoms with van der Waals surface area (Å²) >= 11 is 0. The van der Waals surface area contributed by atoms with Gasteiger partial charge in [-0.1, -0.05) is 30.3 Å². The van der Waals surface area contributed by atoms with Gasteiger partial charge in [-0.2, -0.15) is 0 Å². The molecule has 1 fully saturated rings. The minimum Gasteiger partial charge on any atom is -0.350 e. The first-order valence-corrected chi connectivity index (χ1v) is 8.13. The van der Waals surface area contributed by atoms with E-state index in [2.05, 4.69) is 34.5 Å². The van der Waals surface area contributed by atoms with Crippen molar-refractivity contribution in [2.24, 2.45) is 11.7 Å². The Hall–Kier alpha value is -1.10. The van der Waals surface area contributed by atoms with Crippen molar-refractivity contribution < 1.29 is 4.79 Å². The first-order valence-electron chi connectivity index (χ1n) is 8.13. The van der Waals surface area contributed by atoms with E-state index in [1.165, 1.54) is 5.56 Å². The molecule has 1 aromatic rings. The Balaban J connectivity index is 0.00000264. The molecule has 0 saturated carbocycles. The molecule has 1 saturated heterocycles. The van der Waals surface area contributed by atoms with Gasteiger partial charge in [-0.25, -0.2) is 0 Å². The van der Waals surface area contributed by atoms with E-state index < -0.39 is 0 Å². The molecule has 0 bridgehead atoms. The molecule has 4 nitrogen and oxygen atoms in total. The van der Waals surface area contributed by atoms with Gasteiger partial charge in [-0.3, -0.25) is 9.69 Å². The smallest absolute Gasteiger partial charge is 0.237 e. The number of hydrogen-bond donors (Lipinski definition) is 2. The second kappa shape index (κ2) is 8.13. The number of nitrogens with two attached hydrogens (primary N) is 1. The van der Waals surface area contributed by atoms with Crippen molar-refractivity contribution in [3.05, 3.63) is 35.9 Å². The number of carbonyl (C=O) groups is 1. The molecule has 2 rings (SSSR count). The molecule has 130 valence electrons. The summed E-state index contributed by atoms with van der Waals surface area (Å²) in [6, 6.07) is 10.4. The third-order valence-electron chi connectivity index (χ3n) is 4.43. The maximum atomic E-state index is 12.4. The van der Waals surface area contributed by atoms with Crippen molar-refractivity contribution in [1.82, 2.24) is 10.2 Å². The molecule has 23 heavy (non-hydrogen) atoms. The Labute approximate surface area is 146 Å². The van der Waals surface area contributed by atoms with Crippen LogP contribution in [-0.2, 0) is 4.79 Å². The van der Waals surface area contributed by atoms with Gasteiger partial charge in [0.25, 0.3) is 0 Å². The minimum absolute atomic E-state index is 0. The zero-order chi connectivity index (χ0) is 16.3. The molecular weight excluding hydrogens is 310 g/mol. The molecule has 3 atom stereocenters. The first-order chi connectivity index (χ1) is 10.3. The highest BCUT2D eigenvalue weighted by atomic mass is 35.5. The molecule has 1 aliphatic heterocycles. The Bertz CT molecular complexity index is 501. The number of hydrogen-bond acceptors (Lipinski definition) is 3. The van der Waals surface area contributed by atoms with Gasteiger partial charge >= 0.3 is 0 Å². The summed E-state index contributed by atoms with van der Waals surface area (Å²) < 4.78 is 0. The molecule has 1 unspecified atom stereocenters. The average Bonchev–Trinajstić information content (AvgIpc) is 2.89. The number of halogens is 1. The van der Waals surface area contributed by atoms with Crippen LogP contribution in [0.25, 0.3) is 0 Å². The summed E-state index contributed by atoms with van der Waals surface area (Å²) in [5.41, 5.74) is 7.10. The van der Waals surface area contributed by atoms with E-state index >= 15 is 0 Å². The normalized spacial score (nSPS) is 23.2. The van der Waals surface area contributed by atoms with Crippen LogP contribution < -0.4 is 11.1 Å². The number of amides is 1. The van der Waals surface area contributed by atoms with Gasteiger partial charge < -0.3 is 11.1 Å². The Kier molecular flexibility index (Phi) is 7.05. The van der Waals surface area contributed by atoms with Gasteiger partial charge in [-0.15, -0.1) is 12.4 Å². The lowest BCUT2D eigenvalue weighted by Gasteiger charge is -2.28. The number of rotatable bonds is 4. The molecule has 1 aliphatic rings. The maximum absolute atomic E-state index is 12.4. The molecule has 0 radical (unpaired) electrons. The lowest BCUT2D eigenvalue weighted by Crippen LogP contribution is -2.50. The van der Waals surface area contributed by atoms with Crippen molar-refractivity contribution in [2.75, 3.05) is 19.6 Å². The van der Waals surface area contributed by atoms with E-state index in [9.17, 15) is 4.79 Å². The third kappa shape index (κ3) is 5.20. The average molecular weight is 340 g/mol. The van der Waals surface area contributed by atoms with Crippen molar-refractivity contribution in [2.45, 2.75) is 45.2 Å². The third-order valence-corrected chi connectivity index (χ3v) is 4.43. The van der Waals surface area contributed by atoms with Gasteiger partial charge in [0.15, 0.2) is 0 Å². The number of nitrogens with zero attached hydrogens (tertiary/aromatic N) is 1. The second-order valence-corrected chi connectivity index (χ2v) is 7.38. The number of benzene rings is 1. The highest BCUT2D eigenvalue weighted by Crippen LogP contribution is 2.33. The molecule has 0 aromatic heterocycles. The first kappa shape index (κ1) is 19.9. The Morgan fingerprint density at radius 3 is 2.43 bits per heavy atom. The fourth-order valence-electron chi connectivity index (χ4n) is 3.18. The van der Waals surface area contributed by atoms with Crippen LogP contribution in [0.2, 0.25) is 0 Å². The second-order valence-electron chi connectivity index (χ2n) is 7.38. The van der Waals surface area contributed by atoms with Gasteiger partial charge in [-0.05, 0) is 45.7 Å². The van der Waals surface area contributed by atoms with E-state index in [1.54, 1.807) is 0 Å². The molecule has 5 heteroatoms. The van der Waals surface area contributed by atoms with Crippen LogP contribution in [0, 0.1) is 5.92 Å². The summed E-state index contributed by atoms with van der Waals surface area (Å²) in [4.78, 5) is 14.7. The van der Waals surface area contributed by atoms with Crippen molar-refractivity contribution >= 4 is 18.3 Å². The summed E-state index contributed by atoms with van der Waals surface area (Å²) in [6.07, 6.45) is 0. The molecule has 1 aromatic carbocycles. The summed E-state index contributed by atoms with van der Waals surface area (Å²) in [7, 11) is 0. The van der Waals surface area contributed by atoms with Crippen LogP contribution in [0.1, 0.15) is 39.2 Å². The van der Waals surface area contributed by atoms with Crippen LogP contribution >= 0.6 is 12.4 Å². The van der Waals surface area contributed by atoms with Crippen molar-refractivity contribution in [1.29, 1.82) is 0 Å². The SMILES string of the molecule is CC(C(=O)NC(C)(C)C)N1C[C@@H](CN)[C@H](c2ccccc2)C1.Cl. The molecule has 1 heterocycles. The van der Waals surface area contributed by atoms with Crippen molar-refractivity contribution in [3.63, 3.8) is 0 Å². The fourth-order valence-corrected chi connectivity index (χ4v) is 3.18. The standard InChI is InChI=1S/C18H29N3O.ClH/c1-13(17(22)20-18(2,3)4)21-11-15(10-19)16(12-21)14-8-6-5-7-9-14;/h5-9,13,15-16H,10-12,19H2,1-4H3,(H,20,22);1H/t13?,15-,16+;/m1./s1. The molecule has 0 spiro atoms.